The summed E-state index contributed by atoms with van der Waals surface area (Å²) in [6.07, 6.45) is 0. The number of nitrogens with two attached hydrogens (primary N) is 1. The zero-order chi connectivity index (χ0) is 11.4. The van der Waals surface area contributed by atoms with Crippen LogP contribution >= 0.6 is 12.6 Å². The van der Waals surface area contributed by atoms with Gasteiger partial charge in [-0.25, -0.2) is 0 Å². The number of primary amides is 1. The first-order valence-corrected chi connectivity index (χ1v) is 4.84. The maximum atomic E-state index is 11.5. The minimum absolute atomic E-state index is 0.324. The standard InChI is InChI=1S/C10H12N2O2S/c1-6(9(11)13)12-10(14)7-2-4-8(15)5-3-7/h2-6,15H,1H3,(H2,11,13)(H,12,14). The summed E-state index contributed by atoms with van der Waals surface area (Å²) < 4.78 is 0. The summed E-state index contributed by atoms with van der Waals surface area (Å²) in [6, 6.07) is 5.99. The summed E-state index contributed by atoms with van der Waals surface area (Å²) in [6.45, 7) is 1.53. The second kappa shape index (κ2) is 4.84. The molecule has 0 aliphatic carbocycles. The van der Waals surface area contributed by atoms with Gasteiger partial charge in [0.1, 0.15) is 6.04 Å². The predicted octanol–water partition coefficient (Wildman–Crippen LogP) is 0.579. The van der Waals surface area contributed by atoms with Gasteiger partial charge < -0.3 is 11.1 Å². The molecule has 2 amide bonds. The van der Waals surface area contributed by atoms with Crippen LogP contribution in [0.15, 0.2) is 29.2 Å². The average Bonchev–Trinajstić information content (AvgIpc) is 2.18. The number of carbonyl (C=O) groups excluding carboxylic acids is 2. The maximum Gasteiger partial charge on any atom is 0.251 e. The third-order valence-corrected chi connectivity index (χ3v) is 2.20. The van der Waals surface area contributed by atoms with Gasteiger partial charge in [0, 0.05) is 10.5 Å². The molecular weight excluding hydrogens is 212 g/mol. The Labute approximate surface area is 93.3 Å². The largest absolute Gasteiger partial charge is 0.368 e. The maximum absolute atomic E-state index is 11.5. The lowest BCUT2D eigenvalue weighted by molar-refractivity contribution is -0.119. The smallest absolute Gasteiger partial charge is 0.251 e. The Kier molecular flexibility index (Phi) is 3.74. The lowest BCUT2D eigenvalue weighted by atomic mass is 10.2. The molecule has 0 fully saturated rings. The number of carbonyl (C=O) groups is 2. The highest BCUT2D eigenvalue weighted by Gasteiger charge is 2.13. The fourth-order valence-corrected chi connectivity index (χ4v) is 1.11. The van der Waals surface area contributed by atoms with E-state index in [0.717, 1.165) is 4.90 Å². The van der Waals surface area contributed by atoms with E-state index in [0.29, 0.717) is 5.56 Å². The topological polar surface area (TPSA) is 72.2 Å². The number of hydrogen-bond donors (Lipinski definition) is 3. The Morgan fingerprint density at radius 2 is 1.87 bits per heavy atom. The van der Waals surface area contributed by atoms with Gasteiger partial charge in [-0.15, -0.1) is 12.6 Å². The van der Waals surface area contributed by atoms with E-state index < -0.39 is 11.9 Å². The number of hydrogen-bond acceptors (Lipinski definition) is 3. The molecule has 0 saturated carbocycles. The quantitative estimate of drug-likeness (QED) is 0.657. The van der Waals surface area contributed by atoms with Gasteiger partial charge in [0.25, 0.3) is 5.91 Å². The van der Waals surface area contributed by atoms with Gasteiger partial charge in [0.15, 0.2) is 0 Å². The lowest BCUT2D eigenvalue weighted by Crippen LogP contribution is -2.42. The van der Waals surface area contributed by atoms with Crippen molar-refractivity contribution in [3.63, 3.8) is 0 Å². The molecule has 1 rings (SSSR count). The van der Waals surface area contributed by atoms with Crippen molar-refractivity contribution >= 4 is 24.4 Å². The molecule has 0 spiro atoms. The van der Waals surface area contributed by atoms with Crippen LogP contribution in [-0.2, 0) is 4.79 Å². The highest BCUT2D eigenvalue weighted by molar-refractivity contribution is 7.80. The van der Waals surface area contributed by atoms with Crippen LogP contribution in [0.1, 0.15) is 17.3 Å². The molecule has 5 heteroatoms. The molecule has 0 radical (unpaired) electrons. The van der Waals surface area contributed by atoms with Crippen LogP contribution in [0.3, 0.4) is 0 Å². The molecule has 0 heterocycles. The Balaban J connectivity index is 2.69. The molecule has 15 heavy (non-hydrogen) atoms. The van der Waals surface area contributed by atoms with E-state index in [-0.39, 0.29) is 5.91 Å². The molecule has 0 saturated heterocycles. The normalized spacial score (nSPS) is 11.9. The Bertz CT molecular complexity index is 376. The van der Waals surface area contributed by atoms with E-state index in [1.807, 2.05) is 0 Å². The summed E-state index contributed by atoms with van der Waals surface area (Å²) >= 11 is 4.10. The molecule has 1 unspecified atom stereocenters. The van der Waals surface area contributed by atoms with Crippen molar-refractivity contribution in [2.75, 3.05) is 0 Å². The Hall–Kier alpha value is -1.49. The average molecular weight is 224 g/mol. The minimum atomic E-state index is -0.673. The first-order valence-electron chi connectivity index (χ1n) is 4.40. The van der Waals surface area contributed by atoms with Crippen LogP contribution < -0.4 is 11.1 Å². The van der Waals surface area contributed by atoms with Crippen molar-refractivity contribution in [1.82, 2.24) is 5.32 Å². The highest BCUT2D eigenvalue weighted by Crippen LogP contribution is 2.07. The molecule has 0 aliphatic rings. The fourth-order valence-electron chi connectivity index (χ4n) is 0.964. The second-order valence-electron chi connectivity index (χ2n) is 3.14. The number of nitrogens with one attached hydrogen (secondary N) is 1. The summed E-state index contributed by atoms with van der Waals surface area (Å²) in [5.74, 6) is -0.885. The molecule has 0 bridgehead atoms. The molecular formula is C10H12N2O2S. The molecule has 0 aliphatic heterocycles. The van der Waals surface area contributed by atoms with Crippen LogP contribution in [0.4, 0.5) is 0 Å². The first-order chi connectivity index (χ1) is 7.00. The SMILES string of the molecule is CC(NC(=O)c1ccc(S)cc1)C(N)=O. The zero-order valence-corrected chi connectivity index (χ0v) is 9.12. The number of rotatable bonds is 3. The van der Waals surface area contributed by atoms with Crippen LogP contribution in [0.5, 0.6) is 0 Å². The Morgan fingerprint density at radius 1 is 1.33 bits per heavy atom. The summed E-state index contributed by atoms with van der Waals surface area (Å²) in [7, 11) is 0. The minimum Gasteiger partial charge on any atom is -0.368 e. The first kappa shape index (κ1) is 11.6. The van der Waals surface area contributed by atoms with Crippen molar-refractivity contribution in [2.24, 2.45) is 5.73 Å². The molecule has 3 N–H and O–H groups in total. The van der Waals surface area contributed by atoms with Gasteiger partial charge >= 0.3 is 0 Å². The number of thiol groups is 1. The molecule has 1 aromatic rings. The van der Waals surface area contributed by atoms with Crippen LogP contribution in [0, 0.1) is 0 Å². The second-order valence-corrected chi connectivity index (χ2v) is 3.66. The molecule has 1 atom stereocenters. The van der Waals surface area contributed by atoms with E-state index in [1.165, 1.54) is 6.92 Å². The third kappa shape index (κ3) is 3.28. The molecule has 4 nitrogen and oxygen atoms in total. The van der Waals surface area contributed by atoms with Crippen LogP contribution in [0.25, 0.3) is 0 Å². The van der Waals surface area contributed by atoms with Crippen molar-refractivity contribution in [1.29, 1.82) is 0 Å². The monoisotopic (exact) mass is 224 g/mol. The van der Waals surface area contributed by atoms with E-state index >= 15 is 0 Å². The van der Waals surface area contributed by atoms with E-state index in [1.54, 1.807) is 24.3 Å². The van der Waals surface area contributed by atoms with Gasteiger partial charge in [-0.2, -0.15) is 0 Å². The number of amides is 2. The van der Waals surface area contributed by atoms with Gasteiger partial charge in [0.2, 0.25) is 5.91 Å². The van der Waals surface area contributed by atoms with Crippen LogP contribution in [-0.4, -0.2) is 17.9 Å². The zero-order valence-electron chi connectivity index (χ0n) is 8.23. The Morgan fingerprint density at radius 3 is 2.33 bits per heavy atom. The fraction of sp³-hybridized carbons (Fsp3) is 0.200. The van der Waals surface area contributed by atoms with Gasteiger partial charge in [-0.05, 0) is 31.2 Å². The summed E-state index contributed by atoms with van der Waals surface area (Å²) in [5, 5.41) is 2.48. The van der Waals surface area contributed by atoms with E-state index in [4.69, 9.17) is 5.73 Å². The molecule has 80 valence electrons. The molecule has 1 aromatic carbocycles. The van der Waals surface area contributed by atoms with Gasteiger partial charge in [0.05, 0.1) is 0 Å². The van der Waals surface area contributed by atoms with E-state index in [2.05, 4.69) is 17.9 Å². The van der Waals surface area contributed by atoms with Crippen molar-refractivity contribution < 1.29 is 9.59 Å². The van der Waals surface area contributed by atoms with Crippen molar-refractivity contribution in [3.05, 3.63) is 29.8 Å². The van der Waals surface area contributed by atoms with Crippen LogP contribution in [0.2, 0.25) is 0 Å². The third-order valence-electron chi connectivity index (χ3n) is 1.90. The molecule has 0 aromatic heterocycles. The summed E-state index contributed by atoms with van der Waals surface area (Å²) in [5.41, 5.74) is 5.49. The van der Waals surface area contributed by atoms with Gasteiger partial charge in [-0.1, -0.05) is 0 Å². The lowest BCUT2D eigenvalue weighted by Gasteiger charge is -2.09. The predicted molar refractivity (Wildman–Crippen MR) is 59.8 cm³/mol. The van der Waals surface area contributed by atoms with E-state index in [9.17, 15) is 9.59 Å². The highest BCUT2D eigenvalue weighted by atomic mass is 32.1. The summed E-state index contributed by atoms with van der Waals surface area (Å²) in [4.78, 5) is 23.0. The van der Waals surface area contributed by atoms with Crippen molar-refractivity contribution in [3.8, 4) is 0 Å². The van der Waals surface area contributed by atoms with Crippen molar-refractivity contribution in [2.45, 2.75) is 17.9 Å². The van der Waals surface area contributed by atoms with Gasteiger partial charge in [-0.3, -0.25) is 9.59 Å². The number of benzene rings is 1.